The molecule has 2 aliphatic rings. The lowest BCUT2D eigenvalue weighted by atomic mass is 10.1. The van der Waals surface area contributed by atoms with E-state index in [-0.39, 0.29) is 5.91 Å². The molecule has 1 amide bonds. The number of hydrogen-bond donors (Lipinski definition) is 0. The van der Waals surface area contributed by atoms with E-state index >= 15 is 0 Å². The molecule has 1 aromatic carbocycles. The molecule has 0 aliphatic carbocycles. The highest BCUT2D eigenvalue weighted by molar-refractivity contribution is 8.18. The number of nitrogens with zero attached hydrogens (tertiary/aromatic N) is 3. The zero-order valence-electron chi connectivity index (χ0n) is 12.4. The van der Waals surface area contributed by atoms with E-state index in [1.165, 1.54) is 17.3 Å². The molecule has 2 aliphatic heterocycles. The molecule has 1 fully saturated rings. The van der Waals surface area contributed by atoms with Gasteiger partial charge in [-0.15, -0.1) is 0 Å². The molecular weight excluding hydrogens is 282 g/mol. The van der Waals surface area contributed by atoms with Crippen LogP contribution in [0.1, 0.15) is 11.1 Å². The summed E-state index contributed by atoms with van der Waals surface area (Å²) in [6.45, 7) is 5.97. The Bertz CT molecular complexity index is 616. The van der Waals surface area contributed by atoms with Gasteiger partial charge in [0.15, 0.2) is 5.17 Å². The van der Waals surface area contributed by atoms with Crippen LogP contribution in [0.2, 0.25) is 0 Å². The molecule has 0 N–H and O–H groups in total. The number of aryl methyl sites for hydroxylation is 1. The standard InChI is InChI=1S/C16H19N3OS/c1-12-4-3-5-13(10-12)11-14-15(20)17-16(21-14)19-8-6-18(2)7-9-19/h3-5,10-11H,6-9H2,1-2H3/b14-11-. The van der Waals surface area contributed by atoms with Gasteiger partial charge in [-0.25, -0.2) is 0 Å². The molecule has 5 heteroatoms. The Morgan fingerprint density at radius 1 is 1.24 bits per heavy atom. The lowest BCUT2D eigenvalue weighted by Crippen LogP contribution is -2.46. The first kappa shape index (κ1) is 14.4. The number of rotatable bonds is 1. The maximum absolute atomic E-state index is 12.1. The number of benzene rings is 1. The summed E-state index contributed by atoms with van der Waals surface area (Å²) in [5.41, 5.74) is 2.25. The zero-order valence-corrected chi connectivity index (χ0v) is 13.2. The Morgan fingerprint density at radius 2 is 2.00 bits per heavy atom. The van der Waals surface area contributed by atoms with E-state index in [0.717, 1.165) is 41.8 Å². The summed E-state index contributed by atoms with van der Waals surface area (Å²) in [6.07, 6.45) is 1.94. The van der Waals surface area contributed by atoms with E-state index in [0.29, 0.717) is 0 Å². The van der Waals surface area contributed by atoms with Crippen molar-refractivity contribution in [2.45, 2.75) is 6.92 Å². The van der Waals surface area contributed by atoms with Crippen LogP contribution in [0.4, 0.5) is 0 Å². The smallest absolute Gasteiger partial charge is 0.286 e. The molecule has 110 valence electrons. The van der Waals surface area contributed by atoms with Crippen molar-refractivity contribution in [1.29, 1.82) is 0 Å². The van der Waals surface area contributed by atoms with E-state index in [4.69, 9.17) is 0 Å². The molecule has 3 rings (SSSR count). The highest BCUT2D eigenvalue weighted by Gasteiger charge is 2.27. The number of amidine groups is 1. The van der Waals surface area contributed by atoms with E-state index < -0.39 is 0 Å². The molecule has 0 radical (unpaired) electrons. The predicted molar refractivity (Wildman–Crippen MR) is 88.3 cm³/mol. The summed E-state index contributed by atoms with van der Waals surface area (Å²) in [5.74, 6) is -0.115. The van der Waals surface area contributed by atoms with Crippen LogP contribution in [-0.4, -0.2) is 54.1 Å². The second-order valence-corrected chi connectivity index (χ2v) is 6.52. The Balaban J connectivity index is 1.73. The van der Waals surface area contributed by atoms with Gasteiger partial charge in [-0.3, -0.25) is 4.79 Å². The van der Waals surface area contributed by atoms with Crippen molar-refractivity contribution in [2.75, 3.05) is 33.2 Å². The predicted octanol–water partition coefficient (Wildman–Crippen LogP) is 2.21. The lowest BCUT2D eigenvalue weighted by Gasteiger charge is -2.32. The van der Waals surface area contributed by atoms with Crippen LogP contribution in [0.25, 0.3) is 6.08 Å². The van der Waals surface area contributed by atoms with Gasteiger partial charge in [0.25, 0.3) is 5.91 Å². The lowest BCUT2D eigenvalue weighted by molar-refractivity contribution is -0.113. The number of aliphatic imine (C=N–C) groups is 1. The molecule has 0 unspecified atom stereocenters. The summed E-state index contributed by atoms with van der Waals surface area (Å²) in [5, 5.41) is 0.854. The van der Waals surface area contributed by atoms with E-state index in [2.05, 4.69) is 40.9 Å². The highest BCUT2D eigenvalue weighted by atomic mass is 32.2. The summed E-state index contributed by atoms with van der Waals surface area (Å²) < 4.78 is 0. The quantitative estimate of drug-likeness (QED) is 0.745. The molecule has 0 spiro atoms. The number of likely N-dealkylation sites (N-methyl/N-ethyl adjacent to an activating group) is 1. The first-order valence-corrected chi connectivity index (χ1v) is 7.96. The van der Waals surface area contributed by atoms with Crippen molar-refractivity contribution >= 4 is 28.9 Å². The fourth-order valence-corrected chi connectivity index (χ4v) is 3.41. The zero-order chi connectivity index (χ0) is 14.8. The van der Waals surface area contributed by atoms with Gasteiger partial charge < -0.3 is 9.80 Å². The average molecular weight is 301 g/mol. The van der Waals surface area contributed by atoms with Gasteiger partial charge in [0.1, 0.15) is 0 Å². The van der Waals surface area contributed by atoms with Gasteiger partial charge in [-0.05, 0) is 37.4 Å². The fraction of sp³-hybridized carbons (Fsp3) is 0.375. The largest absolute Gasteiger partial charge is 0.348 e. The SMILES string of the molecule is Cc1cccc(/C=C2\SC(N3CCN(C)CC3)=NC2=O)c1. The summed E-state index contributed by atoms with van der Waals surface area (Å²) >= 11 is 1.50. The minimum absolute atomic E-state index is 0.115. The van der Waals surface area contributed by atoms with Crippen molar-refractivity contribution < 1.29 is 4.79 Å². The molecule has 4 nitrogen and oxygen atoms in total. The Hall–Kier alpha value is -1.59. The minimum atomic E-state index is -0.115. The molecule has 0 aromatic heterocycles. The first-order chi connectivity index (χ1) is 10.1. The van der Waals surface area contributed by atoms with E-state index in [9.17, 15) is 4.79 Å². The number of amides is 1. The Labute approximate surface area is 129 Å². The minimum Gasteiger partial charge on any atom is -0.348 e. The van der Waals surface area contributed by atoms with E-state index in [1.54, 1.807) is 0 Å². The van der Waals surface area contributed by atoms with Crippen molar-refractivity contribution in [3.05, 3.63) is 40.3 Å². The topological polar surface area (TPSA) is 35.9 Å². The molecule has 1 aromatic rings. The van der Waals surface area contributed by atoms with Crippen LogP contribution in [0, 0.1) is 6.92 Å². The fourth-order valence-electron chi connectivity index (χ4n) is 2.44. The number of carbonyl (C=O) groups is 1. The van der Waals surface area contributed by atoms with Gasteiger partial charge in [0.2, 0.25) is 0 Å². The summed E-state index contributed by atoms with van der Waals surface area (Å²) in [4.78, 5) is 21.5. The second-order valence-electron chi connectivity index (χ2n) is 5.51. The molecule has 0 atom stereocenters. The normalized spacial score (nSPS) is 22.0. The average Bonchev–Trinajstić information content (AvgIpc) is 2.81. The third-order valence-corrected chi connectivity index (χ3v) is 4.77. The van der Waals surface area contributed by atoms with E-state index in [1.807, 2.05) is 18.2 Å². The number of thioether (sulfide) groups is 1. The Kier molecular flexibility index (Phi) is 4.12. The third-order valence-electron chi connectivity index (χ3n) is 3.72. The summed E-state index contributed by atoms with van der Waals surface area (Å²) in [7, 11) is 2.12. The summed E-state index contributed by atoms with van der Waals surface area (Å²) in [6, 6.07) is 8.15. The molecule has 0 saturated carbocycles. The maximum atomic E-state index is 12.1. The van der Waals surface area contributed by atoms with Crippen LogP contribution in [0.5, 0.6) is 0 Å². The number of carbonyl (C=O) groups excluding carboxylic acids is 1. The maximum Gasteiger partial charge on any atom is 0.286 e. The third kappa shape index (κ3) is 3.36. The van der Waals surface area contributed by atoms with Gasteiger partial charge in [-0.1, -0.05) is 29.8 Å². The Morgan fingerprint density at radius 3 is 2.71 bits per heavy atom. The molecule has 0 bridgehead atoms. The van der Waals surface area contributed by atoms with Crippen molar-refractivity contribution in [2.24, 2.45) is 4.99 Å². The van der Waals surface area contributed by atoms with Crippen LogP contribution >= 0.6 is 11.8 Å². The number of hydrogen-bond acceptors (Lipinski definition) is 4. The highest BCUT2D eigenvalue weighted by Crippen LogP contribution is 2.30. The molecular formula is C16H19N3OS. The molecule has 21 heavy (non-hydrogen) atoms. The molecule has 2 heterocycles. The van der Waals surface area contributed by atoms with Crippen LogP contribution in [0.3, 0.4) is 0 Å². The van der Waals surface area contributed by atoms with Crippen molar-refractivity contribution in [3.63, 3.8) is 0 Å². The van der Waals surface area contributed by atoms with Crippen molar-refractivity contribution in [1.82, 2.24) is 9.80 Å². The van der Waals surface area contributed by atoms with Crippen molar-refractivity contribution in [3.8, 4) is 0 Å². The van der Waals surface area contributed by atoms with Crippen LogP contribution < -0.4 is 0 Å². The van der Waals surface area contributed by atoms with Crippen LogP contribution in [-0.2, 0) is 4.79 Å². The van der Waals surface area contributed by atoms with Gasteiger partial charge in [-0.2, -0.15) is 4.99 Å². The second kappa shape index (κ2) is 6.03. The van der Waals surface area contributed by atoms with Gasteiger partial charge in [0, 0.05) is 26.2 Å². The van der Waals surface area contributed by atoms with Gasteiger partial charge in [0.05, 0.1) is 4.91 Å². The monoisotopic (exact) mass is 301 g/mol. The molecule has 1 saturated heterocycles. The first-order valence-electron chi connectivity index (χ1n) is 7.14. The number of piperazine rings is 1. The van der Waals surface area contributed by atoms with Crippen LogP contribution in [0.15, 0.2) is 34.2 Å². The van der Waals surface area contributed by atoms with Gasteiger partial charge >= 0.3 is 0 Å².